The first-order valence-corrected chi connectivity index (χ1v) is 5.47. The van der Waals surface area contributed by atoms with Crippen LogP contribution in [0.5, 0.6) is 0 Å². The van der Waals surface area contributed by atoms with Crippen molar-refractivity contribution in [2.45, 2.75) is 11.9 Å². The second kappa shape index (κ2) is 4.44. The maximum absolute atomic E-state index is 12.9. The molecule has 1 heterocycles. The van der Waals surface area contributed by atoms with E-state index in [9.17, 15) is 13.2 Å². The van der Waals surface area contributed by atoms with Crippen LogP contribution >= 0.6 is 12.6 Å². The lowest BCUT2D eigenvalue weighted by molar-refractivity contribution is -0.143. The predicted molar refractivity (Wildman–Crippen MR) is 61.3 cm³/mol. The van der Waals surface area contributed by atoms with Gasteiger partial charge in [-0.3, -0.25) is 0 Å². The zero-order valence-electron chi connectivity index (χ0n) is 8.65. The molecule has 0 saturated carbocycles. The Labute approximate surface area is 101 Å². The number of para-hydroxylation sites is 1. The number of rotatable bonds is 2. The molecule has 0 bridgehead atoms. The number of alkyl halides is 3. The van der Waals surface area contributed by atoms with Gasteiger partial charge in [-0.1, -0.05) is 18.2 Å². The molecule has 0 fully saturated rings. The Balaban J connectivity index is 2.60. The number of aromatic nitrogens is 2. The fourth-order valence-electron chi connectivity index (χ4n) is 1.57. The summed E-state index contributed by atoms with van der Waals surface area (Å²) in [5, 5.41) is 3.77. The fourth-order valence-corrected chi connectivity index (χ4v) is 1.80. The van der Waals surface area contributed by atoms with Crippen LogP contribution in [0.1, 0.15) is 11.3 Å². The van der Waals surface area contributed by atoms with Gasteiger partial charge in [-0.15, -0.1) is 0 Å². The van der Waals surface area contributed by atoms with Crippen molar-refractivity contribution < 1.29 is 13.2 Å². The first-order chi connectivity index (χ1) is 8.04. The van der Waals surface area contributed by atoms with E-state index in [4.69, 9.17) is 0 Å². The molecule has 0 saturated heterocycles. The van der Waals surface area contributed by atoms with Crippen molar-refractivity contribution in [3.05, 3.63) is 47.8 Å². The van der Waals surface area contributed by atoms with Crippen molar-refractivity contribution in [3.63, 3.8) is 0 Å². The van der Waals surface area contributed by atoms with Crippen molar-refractivity contribution in [2.24, 2.45) is 0 Å². The Kier molecular flexibility index (Phi) is 3.15. The topological polar surface area (TPSA) is 17.8 Å². The van der Waals surface area contributed by atoms with Gasteiger partial charge in [-0.25, -0.2) is 4.68 Å². The first kappa shape index (κ1) is 12.0. The number of benzene rings is 1. The van der Waals surface area contributed by atoms with Gasteiger partial charge in [0.2, 0.25) is 0 Å². The van der Waals surface area contributed by atoms with E-state index in [0.29, 0.717) is 5.69 Å². The second-order valence-corrected chi connectivity index (χ2v) is 3.74. The van der Waals surface area contributed by atoms with E-state index >= 15 is 0 Å². The summed E-state index contributed by atoms with van der Waals surface area (Å²) in [5.41, 5.74) is -0.309. The van der Waals surface area contributed by atoms with Gasteiger partial charge >= 0.3 is 6.18 Å². The molecule has 2 aromatic rings. The molecule has 0 N–H and O–H groups in total. The zero-order valence-corrected chi connectivity index (χ0v) is 9.54. The minimum Gasteiger partial charge on any atom is -0.228 e. The molecular formula is C11H9F3N2S. The molecule has 0 spiro atoms. The van der Waals surface area contributed by atoms with E-state index in [2.05, 4.69) is 17.7 Å². The number of thiol groups is 1. The molecule has 2 nitrogen and oxygen atoms in total. The summed E-state index contributed by atoms with van der Waals surface area (Å²) in [5.74, 6) is 0.00166. The molecule has 1 aromatic heterocycles. The number of hydrogen-bond acceptors (Lipinski definition) is 2. The molecule has 17 heavy (non-hydrogen) atoms. The van der Waals surface area contributed by atoms with Gasteiger partial charge in [0, 0.05) is 11.3 Å². The van der Waals surface area contributed by atoms with Crippen LogP contribution in [0.3, 0.4) is 0 Å². The van der Waals surface area contributed by atoms with Crippen LogP contribution in [0.15, 0.2) is 36.5 Å². The highest BCUT2D eigenvalue weighted by Gasteiger charge is 2.38. The summed E-state index contributed by atoms with van der Waals surface area (Å²) in [6.07, 6.45) is -3.24. The van der Waals surface area contributed by atoms with Gasteiger partial charge in [-0.05, 0) is 12.1 Å². The van der Waals surface area contributed by atoms with Crippen LogP contribution in [0.2, 0.25) is 0 Å². The van der Waals surface area contributed by atoms with Crippen LogP contribution in [0.25, 0.3) is 5.69 Å². The normalized spacial score (nSPS) is 11.8. The van der Waals surface area contributed by atoms with E-state index in [-0.39, 0.29) is 11.3 Å². The molecule has 6 heteroatoms. The van der Waals surface area contributed by atoms with Gasteiger partial charge in [0.1, 0.15) is 0 Å². The summed E-state index contributed by atoms with van der Waals surface area (Å²) in [6.45, 7) is 0. The summed E-state index contributed by atoms with van der Waals surface area (Å²) in [4.78, 5) is 0. The van der Waals surface area contributed by atoms with E-state index in [0.717, 1.165) is 4.68 Å². The Morgan fingerprint density at radius 3 is 2.35 bits per heavy atom. The van der Waals surface area contributed by atoms with Crippen molar-refractivity contribution in [1.29, 1.82) is 0 Å². The molecule has 0 atom stereocenters. The second-order valence-electron chi connectivity index (χ2n) is 3.42. The van der Waals surface area contributed by atoms with E-state index in [1.54, 1.807) is 30.3 Å². The SMILES string of the molecule is FC(F)(F)c1c(CS)cnn1-c1ccccc1. The largest absolute Gasteiger partial charge is 0.433 e. The van der Waals surface area contributed by atoms with Crippen LogP contribution in [-0.4, -0.2) is 9.78 Å². The third-order valence-electron chi connectivity index (χ3n) is 2.28. The maximum atomic E-state index is 12.9. The third kappa shape index (κ3) is 2.31. The molecular weight excluding hydrogens is 249 g/mol. The molecule has 0 amide bonds. The number of halogens is 3. The molecule has 0 radical (unpaired) electrons. The highest BCUT2D eigenvalue weighted by Crippen LogP contribution is 2.34. The minimum atomic E-state index is -4.44. The van der Waals surface area contributed by atoms with Gasteiger partial charge in [0.25, 0.3) is 0 Å². The average Bonchev–Trinajstić information content (AvgIpc) is 2.73. The molecule has 90 valence electrons. The van der Waals surface area contributed by atoms with Gasteiger partial charge in [-0.2, -0.15) is 30.9 Å². The standard InChI is InChI=1S/C11H9F3N2S/c12-11(13,14)10-8(7-17)6-15-16(10)9-4-2-1-3-5-9/h1-6,17H,7H2. The molecule has 0 aliphatic rings. The molecule has 0 aliphatic carbocycles. The quantitative estimate of drug-likeness (QED) is 0.818. The number of hydrogen-bond donors (Lipinski definition) is 1. The number of nitrogens with zero attached hydrogens (tertiary/aromatic N) is 2. The summed E-state index contributed by atoms with van der Waals surface area (Å²) < 4.78 is 39.7. The lowest BCUT2D eigenvalue weighted by Gasteiger charge is -2.11. The van der Waals surface area contributed by atoms with Crippen molar-refractivity contribution in [1.82, 2.24) is 9.78 Å². The smallest absolute Gasteiger partial charge is 0.228 e. The predicted octanol–water partition coefficient (Wildman–Crippen LogP) is 3.32. The third-order valence-corrected chi connectivity index (χ3v) is 2.63. The lowest BCUT2D eigenvalue weighted by Crippen LogP contribution is -2.15. The minimum absolute atomic E-state index is 0.00166. The Hall–Kier alpha value is -1.43. The average molecular weight is 258 g/mol. The molecule has 0 unspecified atom stereocenters. The van der Waals surface area contributed by atoms with Crippen molar-refractivity contribution >= 4 is 12.6 Å². The monoisotopic (exact) mass is 258 g/mol. The Morgan fingerprint density at radius 1 is 1.18 bits per heavy atom. The van der Waals surface area contributed by atoms with Crippen LogP contribution in [-0.2, 0) is 11.9 Å². The first-order valence-electron chi connectivity index (χ1n) is 4.84. The van der Waals surface area contributed by atoms with Crippen molar-refractivity contribution in [3.8, 4) is 5.69 Å². The van der Waals surface area contributed by atoms with E-state index in [1.807, 2.05) is 0 Å². The molecule has 0 aliphatic heterocycles. The highest BCUT2D eigenvalue weighted by molar-refractivity contribution is 7.79. The highest BCUT2D eigenvalue weighted by atomic mass is 32.1. The maximum Gasteiger partial charge on any atom is 0.433 e. The summed E-state index contributed by atoms with van der Waals surface area (Å²) in [6, 6.07) is 8.21. The van der Waals surface area contributed by atoms with Crippen LogP contribution < -0.4 is 0 Å². The van der Waals surface area contributed by atoms with Crippen LogP contribution in [0, 0.1) is 0 Å². The molecule has 1 aromatic carbocycles. The summed E-state index contributed by atoms with van der Waals surface area (Å²) >= 11 is 3.88. The van der Waals surface area contributed by atoms with Gasteiger partial charge in [0.05, 0.1) is 11.9 Å². The lowest BCUT2D eigenvalue weighted by atomic mass is 10.2. The van der Waals surface area contributed by atoms with Gasteiger partial charge in [0.15, 0.2) is 5.69 Å². The van der Waals surface area contributed by atoms with Crippen molar-refractivity contribution in [2.75, 3.05) is 0 Å². The molecule has 2 rings (SSSR count). The van der Waals surface area contributed by atoms with E-state index in [1.165, 1.54) is 6.20 Å². The van der Waals surface area contributed by atoms with Crippen LogP contribution in [0.4, 0.5) is 13.2 Å². The van der Waals surface area contributed by atoms with E-state index < -0.39 is 11.9 Å². The Bertz CT molecular complexity index is 505. The fraction of sp³-hybridized carbons (Fsp3) is 0.182. The Morgan fingerprint density at radius 2 is 1.82 bits per heavy atom. The zero-order chi connectivity index (χ0) is 12.5. The van der Waals surface area contributed by atoms with Gasteiger partial charge < -0.3 is 0 Å². The summed E-state index contributed by atoms with van der Waals surface area (Å²) in [7, 11) is 0.